The lowest BCUT2D eigenvalue weighted by Crippen LogP contribution is -1.96. The number of anilines is 1. The van der Waals surface area contributed by atoms with Gasteiger partial charge in [0.2, 0.25) is 0 Å². The average molecular weight is 268 g/mol. The van der Waals surface area contributed by atoms with Crippen molar-refractivity contribution in [2.24, 2.45) is 0 Å². The van der Waals surface area contributed by atoms with Crippen molar-refractivity contribution in [3.63, 3.8) is 0 Å². The summed E-state index contributed by atoms with van der Waals surface area (Å²) >= 11 is 0. The van der Waals surface area contributed by atoms with Crippen LogP contribution in [0.3, 0.4) is 0 Å². The Morgan fingerprint density at radius 3 is 2.60 bits per heavy atom. The molecular formula is C16H13FN2O. The van der Waals surface area contributed by atoms with Gasteiger partial charge in [-0.3, -0.25) is 0 Å². The maximum absolute atomic E-state index is 13.4. The van der Waals surface area contributed by atoms with E-state index in [1.54, 1.807) is 18.2 Å². The highest BCUT2D eigenvalue weighted by Crippen LogP contribution is 2.32. The van der Waals surface area contributed by atoms with Crippen molar-refractivity contribution in [2.45, 2.75) is 6.92 Å². The van der Waals surface area contributed by atoms with E-state index >= 15 is 0 Å². The van der Waals surface area contributed by atoms with Crippen LogP contribution < -0.4 is 10.5 Å². The van der Waals surface area contributed by atoms with Crippen LogP contribution in [0.25, 0.3) is 10.9 Å². The molecule has 0 aliphatic carbocycles. The first kappa shape index (κ1) is 12.4. The molecule has 0 aliphatic heterocycles. The van der Waals surface area contributed by atoms with E-state index < -0.39 is 5.82 Å². The van der Waals surface area contributed by atoms with Crippen molar-refractivity contribution in [3.05, 3.63) is 60.0 Å². The molecule has 0 atom stereocenters. The normalized spacial score (nSPS) is 10.7. The van der Waals surface area contributed by atoms with Crippen LogP contribution in [-0.2, 0) is 0 Å². The van der Waals surface area contributed by atoms with Gasteiger partial charge in [0.25, 0.3) is 0 Å². The van der Waals surface area contributed by atoms with E-state index in [1.807, 2.05) is 31.2 Å². The van der Waals surface area contributed by atoms with Gasteiger partial charge in [0.15, 0.2) is 11.5 Å². The predicted octanol–water partition coefficient (Wildman–Crippen LogP) is 4.06. The van der Waals surface area contributed by atoms with Gasteiger partial charge in [0, 0.05) is 11.1 Å². The summed E-state index contributed by atoms with van der Waals surface area (Å²) in [5, 5.41) is 0.961. The first-order valence-electron chi connectivity index (χ1n) is 6.23. The molecule has 0 unspecified atom stereocenters. The van der Waals surface area contributed by atoms with Gasteiger partial charge in [-0.2, -0.15) is 0 Å². The van der Waals surface area contributed by atoms with Gasteiger partial charge in [0.1, 0.15) is 17.0 Å². The minimum absolute atomic E-state index is 0.00263. The van der Waals surface area contributed by atoms with Crippen molar-refractivity contribution in [1.82, 2.24) is 4.98 Å². The number of para-hydroxylation sites is 2. The summed E-state index contributed by atoms with van der Waals surface area (Å²) in [7, 11) is 0. The zero-order chi connectivity index (χ0) is 14.1. The summed E-state index contributed by atoms with van der Waals surface area (Å²) in [6.45, 7) is 1.91. The number of fused-ring (bicyclic) bond motifs is 1. The van der Waals surface area contributed by atoms with Crippen LogP contribution in [0.5, 0.6) is 11.5 Å². The molecule has 3 nitrogen and oxygen atoms in total. The molecule has 4 heteroatoms. The lowest BCUT2D eigenvalue weighted by atomic mass is 10.2. The quantitative estimate of drug-likeness (QED) is 0.713. The number of aryl methyl sites for hydroxylation is 1. The van der Waals surface area contributed by atoms with Gasteiger partial charge in [-0.05, 0) is 31.2 Å². The molecule has 0 saturated carbocycles. The molecule has 0 spiro atoms. The van der Waals surface area contributed by atoms with Gasteiger partial charge in [-0.15, -0.1) is 0 Å². The van der Waals surface area contributed by atoms with E-state index in [0.29, 0.717) is 11.5 Å². The van der Waals surface area contributed by atoms with Crippen LogP contribution >= 0.6 is 0 Å². The van der Waals surface area contributed by atoms with Crippen LogP contribution in [0.1, 0.15) is 5.69 Å². The second-order valence-corrected chi connectivity index (χ2v) is 4.53. The second-order valence-electron chi connectivity index (χ2n) is 4.53. The van der Waals surface area contributed by atoms with E-state index in [4.69, 9.17) is 10.5 Å². The predicted molar refractivity (Wildman–Crippen MR) is 77.4 cm³/mol. The van der Waals surface area contributed by atoms with E-state index in [-0.39, 0.29) is 5.69 Å². The molecule has 0 aliphatic rings. The largest absolute Gasteiger partial charge is 0.453 e. The Kier molecular flexibility index (Phi) is 2.99. The minimum Gasteiger partial charge on any atom is -0.453 e. The number of ether oxygens (including phenoxy) is 1. The number of halogens is 1. The number of nitrogens with two attached hydrogens (primary N) is 1. The lowest BCUT2D eigenvalue weighted by molar-refractivity contribution is 0.484. The third-order valence-electron chi connectivity index (χ3n) is 3.06. The maximum Gasteiger partial charge on any atom is 0.153 e. The molecule has 2 aromatic carbocycles. The van der Waals surface area contributed by atoms with Crippen LogP contribution in [-0.4, -0.2) is 4.98 Å². The van der Waals surface area contributed by atoms with Crippen LogP contribution in [0.2, 0.25) is 0 Å². The molecule has 0 bridgehead atoms. The molecule has 1 aromatic heterocycles. The molecule has 0 radical (unpaired) electrons. The highest BCUT2D eigenvalue weighted by molar-refractivity contribution is 5.85. The number of hydrogen-bond acceptors (Lipinski definition) is 3. The summed E-state index contributed by atoms with van der Waals surface area (Å²) in [5.74, 6) is 0.358. The first-order valence-corrected chi connectivity index (χ1v) is 6.23. The molecule has 0 fully saturated rings. The monoisotopic (exact) mass is 268 g/mol. The van der Waals surface area contributed by atoms with E-state index in [9.17, 15) is 4.39 Å². The lowest BCUT2D eigenvalue weighted by Gasteiger charge is -2.11. The Labute approximate surface area is 115 Å². The molecule has 3 aromatic rings. The Bertz CT molecular complexity index is 787. The van der Waals surface area contributed by atoms with Gasteiger partial charge in [-0.1, -0.05) is 24.3 Å². The number of hydrogen-bond donors (Lipinski definition) is 1. The molecule has 1 heterocycles. The van der Waals surface area contributed by atoms with Crippen molar-refractivity contribution < 1.29 is 9.13 Å². The van der Waals surface area contributed by atoms with Gasteiger partial charge < -0.3 is 10.5 Å². The van der Waals surface area contributed by atoms with Gasteiger partial charge >= 0.3 is 0 Å². The molecule has 20 heavy (non-hydrogen) atoms. The summed E-state index contributed by atoms with van der Waals surface area (Å²) in [4.78, 5) is 4.46. The number of rotatable bonds is 2. The topological polar surface area (TPSA) is 48.1 Å². The number of nitrogen functional groups attached to an aromatic ring is 1. The van der Waals surface area contributed by atoms with Crippen LogP contribution in [0, 0.1) is 12.7 Å². The zero-order valence-corrected chi connectivity index (χ0v) is 10.9. The minimum atomic E-state index is -0.494. The highest BCUT2D eigenvalue weighted by atomic mass is 19.1. The maximum atomic E-state index is 13.4. The van der Waals surface area contributed by atoms with Crippen molar-refractivity contribution in [3.8, 4) is 11.5 Å². The van der Waals surface area contributed by atoms with Crippen molar-refractivity contribution in [1.29, 1.82) is 0 Å². The number of benzene rings is 2. The Morgan fingerprint density at radius 2 is 1.75 bits per heavy atom. The number of pyridine rings is 1. The first-order chi connectivity index (χ1) is 9.65. The third kappa shape index (κ3) is 2.16. The van der Waals surface area contributed by atoms with Gasteiger partial charge in [0.05, 0.1) is 0 Å². The standard InChI is InChI=1S/C16H13FN2O/c1-10-8-9-11-4-2-7-14(16(11)19-10)20-13-6-3-5-12(17)15(13)18/h2-9H,18H2,1H3. The van der Waals surface area contributed by atoms with Crippen molar-refractivity contribution >= 4 is 16.6 Å². The zero-order valence-electron chi connectivity index (χ0n) is 10.9. The Hall–Kier alpha value is -2.62. The second kappa shape index (κ2) is 4.81. The van der Waals surface area contributed by atoms with Crippen LogP contribution in [0.4, 0.5) is 10.1 Å². The molecule has 100 valence electrons. The Morgan fingerprint density at radius 1 is 1.00 bits per heavy atom. The SMILES string of the molecule is Cc1ccc2cccc(Oc3cccc(F)c3N)c2n1. The van der Waals surface area contributed by atoms with Gasteiger partial charge in [-0.25, -0.2) is 9.37 Å². The average Bonchev–Trinajstić information content (AvgIpc) is 2.44. The molecule has 0 saturated heterocycles. The van der Waals surface area contributed by atoms with Crippen LogP contribution in [0.15, 0.2) is 48.5 Å². The molecule has 2 N–H and O–H groups in total. The fourth-order valence-electron chi connectivity index (χ4n) is 2.02. The number of nitrogens with zero attached hydrogens (tertiary/aromatic N) is 1. The van der Waals surface area contributed by atoms with Crippen molar-refractivity contribution in [2.75, 3.05) is 5.73 Å². The summed E-state index contributed by atoms with van der Waals surface area (Å²) < 4.78 is 19.2. The fraction of sp³-hybridized carbons (Fsp3) is 0.0625. The smallest absolute Gasteiger partial charge is 0.153 e. The molecule has 0 amide bonds. The summed E-state index contributed by atoms with van der Waals surface area (Å²) in [6.07, 6.45) is 0. The highest BCUT2D eigenvalue weighted by Gasteiger charge is 2.09. The van der Waals surface area contributed by atoms with E-state index in [1.165, 1.54) is 6.07 Å². The van der Waals surface area contributed by atoms with E-state index in [2.05, 4.69) is 4.98 Å². The van der Waals surface area contributed by atoms with E-state index in [0.717, 1.165) is 16.6 Å². The fourth-order valence-corrected chi connectivity index (χ4v) is 2.02. The molecule has 3 rings (SSSR count). The molecular weight excluding hydrogens is 255 g/mol. The Balaban J connectivity index is 2.11. The summed E-state index contributed by atoms with van der Waals surface area (Å²) in [5.41, 5.74) is 7.30. The number of aromatic nitrogens is 1. The summed E-state index contributed by atoms with van der Waals surface area (Å²) in [6, 6.07) is 14.0. The third-order valence-corrected chi connectivity index (χ3v) is 3.06.